The number of hydrogen-bond donors (Lipinski definition) is 1. The highest BCUT2D eigenvalue weighted by molar-refractivity contribution is 7.58. The third kappa shape index (κ3) is 6.19. The third-order valence-corrected chi connectivity index (χ3v) is 9.04. The Morgan fingerprint density at radius 1 is 0.938 bits per heavy atom. The highest BCUT2D eigenvalue weighted by atomic mass is 31.2. The fourth-order valence-electron chi connectivity index (χ4n) is 3.33. The number of rotatable bonds is 13. The third-order valence-electron chi connectivity index (χ3n) is 4.53. The van der Waals surface area contributed by atoms with Gasteiger partial charge in [0.25, 0.3) is 0 Å². The molecule has 1 aromatic rings. The summed E-state index contributed by atoms with van der Waals surface area (Å²) in [6, 6.07) is 9.39. The summed E-state index contributed by atoms with van der Waals surface area (Å²) < 4.78 is 49.4. The van der Waals surface area contributed by atoms with Gasteiger partial charge >= 0.3 is 15.2 Å². The van der Waals surface area contributed by atoms with E-state index in [0.717, 1.165) is 5.56 Å². The standard InChI is InChI=1S/C21H32N2O7P2/c1-5-27-31(25,28-6-2)19-14-20(32(26,29-7-3)30-8-4)23(16-18(19)21(22)24)15-17-12-10-9-11-13-17/h9-14,16,19H,5-8,15H2,1-4H3,(H2,22,24). The maximum absolute atomic E-state index is 13.8. The van der Waals surface area contributed by atoms with Crippen molar-refractivity contribution in [2.75, 3.05) is 26.4 Å². The quantitative estimate of drug-likeness (QED) is 0.402. The lowest BCUT2D eigenvalue weighted by molar-refractivity contribution is -0.114. The van der Waals surface area contributed by atoms with Gasteiger partial charge in [-0.1, -0.05) is 30.3 Å². The van der Waals surface area contributed by atoms with E-state index < -0.39 is 26.8 Å². The van der Waals surface area contributed by atoms with Gasteiger partial charge in [0.05, 0.1) is 32.0 Å². The Labute approximate surface area is 189 Å². The summed E-state index contributed by atoms with van der Waals surface area (Å²) in [6.45, 7) is 7.41. The maximum Gasteiger partial charge on any atom is 0.377 e. The fraction of sp³-hybridized carbons (Fsp3) is 0.476. The van der Waals surface area contributed by atoms with Crippen molar-refractivity contribution in [3.05, 3.63) is 59.2 Å². The Hall–Kier alpha value is -1.73. The van der Waals surface area contributed by atoms with Crippen LogP contribution < -0.4 is 5.73 Å². The number of hydrogen-bond acceptors (Lipinski definition) is 8. The number of benzene rings is 1. The normalized spacial score (nSPS) is 17.1. The summed E-state index contributed by atoms with van der Waals surface area (Å²) >= 11 is 0. The van der Waals surface area contributed by atoms with Gasteiger partial charge in [-0.25, -0.2) is 0 Å². The summed E-state index contributed by atoms with van der Waals surface area (Å²) in [6.07, 6.45) is 2.85. The molecular formula is C21H32N2O7P2. The van der Waals surface area contributed by atoms with Crippen molar-refractivity contribution in [3.63, 3.8) is 0 Å². The van der Waals surface area contributed by atoms with Crippen molar-refractivity contribution in [2.24, 2.45) is 5.73 Å². The average Bonchev–Trinajstić information content (AvgIpc) is 2.74. The van der Waals surface area contributed by atoms with Gasteiger partial charge in [-0.2, -0.15) is 0 Å². The zero-order chi connectivity index (χ0) is 23.8. The highest BCUT2D eigenvalue weighted by Gasteiger charge is 2.45. The van der Waals surface area contributed by atoms with Gasteiger partial charge in [0, 0.05) is 12.7 Å². The van der Waals surface area contributed by atoms with Gasteiger partial charge in [-0.05, 0) is 39.3 Å². The number of nitrogens with two attached hydrogens (primary N) is 1. The van der Waals surface area contributed by atoms with Crippen LogP contribution in [0, 0.1) is 0 Å². The number of carbonyl (C=O) groups excluding carboxylic acids is 1. The molecule has 0 fully saturated rings. The Morgan fingerprint density at radius 2 is 1.47 bits per heavy atom. The van der Waals surface area contributed by atoms with Gasteiger partial charge in [-0.15, -0.1) is 0 Å². The molecule has 0 spiro atoms. The molecular weight excluding hydrogens is 454 g/mol. The van der Waals surface area contributed by atoms with Gasteiger partial charge in [-0.3, -0.25) is 13.9 Å². The van der Waals surface area contributed by atoms with Crippen LogP contribution in [0.5, 0.6) is 0 Å². The van der Waals surface area contributed by atoms with Crippen molar-refractivity contribution in [3.8, 4) is 0 Å². The van der Waals surface area contributed by atoms with Crippen LogP contribution in [0.4, 0.5) is 0 Å². The zero-order valence-corrected chi connectivity index (χ0v) is 20.7. The van der Waals surface area contributed by atoms with E-state index in [4.69, 9.17) is 23.8 Å². The number of primary amides is 1. The molecule has 1 aliphatic heterocycles. The SMILES string of the molecule is CCOP(=O)(OCC)C1=CC(P(=O)(OCC)OCC)C(C(N)=O)=CN1Cc1ccccc1. The van der Waals surface area contributed by atoms with Crippen molar-refractivity contribution >= 4 is 21.1 Å². The molecule has 2 N–H and O–H groups in total. The Balaban J connectivity index is 2.68. The minimum absolute atomic E-state index is 0.0226. The minimum atomic E-state index is -3.86. The minimum Gasteiger partial charge on any atom is -0.366 e. The lowest BCUT2D eigenvalue weighted by Gasteiger charge is -2.36. The van der Waals surface area contributed by atoms with Gasteiger partial charge in [0.15, 0.2) is 0 Å². The van der Waals surface area contributed by atoms with Gasteiger partial charge in [0.1, 0.15) is 11.1 Å². The number of carbonyl (C=O) groups is 1. The monoisotopic (exact) mass is 486 g/mol. The molecule has 0 aliphatic carbocycles. The molecule has 1 heterocycles. The first kappa shape index (κ1) is 26.5. The van der Waals surface area contributed by atoms with E-state index in [2.05, 4.69) is 0 Å². The summed E-state index contributed by atoms with van der Waals surface area (Å²) in [4.78, 5) is 13.9. The van der Waals surface area contributed by atoms with E-state index in [0.29, 0.717) is 0 Å². The van der Waals surface area contributed by atoms with Crippen molar-refractivity contribution < 1.29 is 32.0 Å². The molecule has 11 heteroatoms. The zero-order valence-electron chi connectivity index (χ0n) is 18.9. The van der Waals surface area contributed by atoms with Gasteiger partial charge < -0.3 is 28.7 Å². The first-order valence-corrected chi connectivity index (χ1v) is 13.7. The molecule has 0 aromatic heterocycles. The van der Waals surface area contributed by atoms with Crippen LogP contribution in [0.25, 0.3) is 0 Å². The molecule has 1 unspecified atom stereocenters. The second kappa shape index (κ2) is 11.9. The summed E-state index contributed by atoms with van der Waals surface area (Å²) in [5.41, 5.74) is 5.55. The van der Waals surface area contributed by atoms with Crippen LogP contribution in [0.3, 0.4) is 0 Å². The molecule has 2 rings (SSSR count). The summed E-state index contributed by atoms with van der Waals surface area (Å²) in [5, 5.41) is 0. The average molecular weight is 486 g/mol. The van der Waals surface area contributed by atoms with E-state index in [9.17, 15) is 13.9 Å². The lowest BCUT2D eigenvalue weighted by atomic mass is 10.1. The first-order valence-electron chi connectivity index (χ1n) is 10.6. The fourth-order valence-corrected chi connectivity index (χ4v) is 7.22. The largest absolute Gasteiger partial charge is 0.377 e. The van der Waals surface area contributed by atoms with Crippen LogP contribution in [-0.2, 0) is 38.6 Å². The topological polar surface area (TPSA) is 117 Å². The molecule has 1 atom stereocenters. The lowest BCUT2D eigenvalue weighted by Crippen LogP contribution is -2.33. The van der Waals surface area contributed by atoms with Crippen LogP contribution in [0.15, 0.2) is 53.6 Å². The number of amides is 1. The van der Waals surface area contributed by atoms with E-state index in [1.165, 1.54) is 12.3 Å². The number of nitrogens with zero attached hydrogens (tertiary/aromatic N) is 1. The summed E-state index contributed by atoms with van der Waals surface area (Å²) in [7, 11) is -7.69. The van der Waals surface area contributed by atoms with E-state index in [1.54, 1.807) is 32.6 Å². The molecule has 0 saturated carbocycles. The number of allylic oxidation sites excluding steroid dienone is 1. The van der Waals surface area contributed by atoms with Crippen LogP contribution >= 0.6 is 15.2 Å². The Bertz CT molecular complexity index is 913. The molecule has 32 heavy (non-hydrogen) atoms. The van der Waals surface area contributed by atoms with Crippen molar-refractivity contribution in [2.45, 2.75) is 39.9 Å². The predicted octanol–water partition coefficient (Wildman–Crippen LogP) is 4.61. The second-order valence-electron chi connectivity index (χ2n) is 6.74. The molecule has 0 saturated heterocycles. The molecule has 178 valence electrons. The maximum atomic E-state index is 13.8. The second-order valence-corrected chi connectivity index (χ2v) is 10.9. The van der Waals surface area contributed by atoms with Crippen LogP contribution in [-0.4, -0.2) is 42.9 Å². The molecule has 1 aromatic carbocycles. The smallest absolute Gasteiger partial charge is 0.366 e. The van der Waals surface area contributed by atoms with Crippen molar-refractivity contribution in [1.29, 1.82) is 0 Å². The molecule has 9 nitrogen and oxygen atoms in total. The molecule has 1 aliphatic rings. The van der Waals surface area contributed by atoms with Crippen molar-refractivity contribution in [1.82, 2.24) is 4.90 Å². The summed E-state index contributed by atoms with van der Waals surface area (Å²) in [5.74, 6) is -0.786. The van der Waals surface area contributed by atoms with Crippen LogP contribution in [0.1, 0.15) is 33.3 Å². The Kier molecular flexibility index (Phi) is 9.89. The van der Waals surface area contributed by atoms with Gasteiger partial charge in [0.2, 0.25) is 5.91 Å². The Morgan fingerprint density at radius 3 is 1.94 bits per heavy atom. The van der Waals surface area contributed by atoms with Crippen LogP contribution in [0.2, 0.25) is 0 Å². The highest BCUT2D eigenvalue weighted by Crippen LogP contribution is 2.63. The van der Waals surface area contributed by atoms with E-state index >= 15 is 0 Å². The van der Waals surface area contributed by atoms with E-state index in [-0.39, 0.29) is 44.0 Å². The van der Waals surface area contributed by atoms with E-state index in [1.807, 2.05) is 30.3 Å². The predicted molar refractivity (Wildman–Crippen MR) is 123 cm³/mol. The molecule has 0 radical (unpaired) electrons. The first-order chi connectivity index (χ1) is 15.2. The molecule has 0 bridgehead atoms. The molecule has 1 amide bonds.